The molecule has 104 valence electrons. The molecule has 1 aromatic rings. The van der Waals surface area contributed by atoms with E-state index in [1.54, 1.807) is 0 Å². The summed E-state index contributed by atoms with van der Waals surface area (Å²) in [7, 11) is 2.01. The SMILES string of the molecule is CCC#Cc1ccc(N(C)C2CCCC=N2)c(C=N)n1. The second-order valence-electron chi connectivity index (χ2n) is 4.75. The van der Waals surface area contributed by atoms with Gasteiger partial charge in [0.15, 0.2) is 0 Å². The van der Waals surface area contributed by atoms with E-state index < -0.39 is 0 Å². The molecule has 1 atom stereocenters. The summed E-state index contributed by atoms with van der Waals surface area (Å²) in [6.45, 7) is 2.01. The van der Waals surface area contributed by atoms with Gasteiger partial charge in [-0.05, 0) is 37.3 Å². The molecule has 0 aromatic carbocycles. The minimum absolute atomic E-state index is 0.150. The zero-order chi connectivity index (χ0) is 14.4. The molecule has 0 aliphatic carbocycles. The number of hydrogen-bond donors (Lipinski definition) is 1. The van der Waals surface area contributed by atoms with Crippen molar-refractivity contribution in [3.05, 3.63) is 23.5 Å². The van der Waals surface area contributed by atoms with Gasteiger partial charge in [0.25, 0.3) is 0 Å². The Kier molecular flexibility index (Phi) is 4.89. The maximum absolute atomic E-state index is 7.56. The number of nitrogens with one attached hydrogen (secondary N) is 1. The molecule has 1 aliphatic heterocycles. The maximum atomic E-state index is 7.56. The Hall–Kier alpha value is -2.15. The first kappa shape index (κ1) is 14.3. The Morgan fingerprint density at radius 1 is 1.50 bits per heavy atom. The summed E-state index contributed by atoms with van der Waals surface area (Å²) in [6.07, 6.45) is 7.50. The third-order valence-electron chi connectivity index (χ3n) is 3.33. The summed E-state index contributed by atoms with van der Waals surface area (Å²) >= 11 is 0. The molecule has 0 amide bonds. The van der Waals surface area contributed by atoms with Crippen LogP contribution in [0.5, 0.6) is 0 Å². The van der Waals surface area contributed by atoms with Gasteiger partial charge in [-0.3, -0.25) is 4.99 Å². The number of pyridine rings is 1. The lowest BCUT2D eigenvalue weighted by Crippen LogP contribution is -2.32. The van der Waals surface area contributed by atoms with E-state index in [0.29, 0.717) is 5.69 Å². The highest BCUT2D eigenvalue weighted by atomic mass is 15.2. The van der Waals surface area contributed by atoms with Crippen LogP contribution in [0.1, 0.15) is 44.0 Å². The molecule has 0 fully saturated rings. The lowest BCUT2D eigenvalue weighted by Gasteiger charge is -2.29. The summed E-state index contributed by atoms with van der Waals surface area (Å²) in [6, 6.07) is 3.89. The predicted octanol–water partition coefficient (Wildman–Crippen LogP) is 2.86. The molecule has 20 heavy (non-hydrogen) atoms. The van der Waals surface area contributed by atoms with Gasteiger partial charge in [-0.2, -0.15) is 0 Å². The molecular formula is C16H20N4. The number of hydrogen-bond acceptors (Lipinski definition) is 4. The van der Waals surface area contributed by atoms with Crippen molar-refractivity contribution >= 4 is 18.1 Å². The molecule has 4 nitrogen and oxygen atoms in total. The van der Waals surface area contributed by atoms with Crippen LogP contribution in [0.15, 0.2) is 17.1 Å². The fourth-order valence-electron chi connectivity index (χ4n) is 2.24. The number of nitrogens with zero attached hydrogens (tertiary/aromatic N) is 3. The van der Waals surface area contributed by atoms with E-state index in [0.717, 1.165) is 37.1 Å². The largest absolute Gasteiger partial charge is 0.351 e. The van der Waals surface area contributed by atoms with E-state index in [4.69, 9.17) is 5.41 Å². The molecule has 2 rings (SSSR count). The monoisotopic (exact) mass is 268 g/mol. The minimum atomic E-state index is 0.150. The van der Waals surface area contributed by atoms with Crippen LogP contribution in [0, 0.1) is 17.3 Å². The second-order valence-corrected chi connectivity index (χ2v) is 4.75. The van der Waals surface area contributed by atoms with Crippen LogP contribution in [0.2, 0.25) is 0 Å². The van der Waals surface area contributed by atoms with E-state index in [2.05, 4.69) is 26.7 Å². The molecule has 1 N–H and O–H groups in total. The minimum Gasteiger partial charge on any atom is -0.351 e. The number of anilines is 1. The van der Waals surface area contributed by atoms with Gasteiger partial charge in [0, 0.05) is 25.9 Å². The van der Waals surface area contributed by atoms with Crippen molar-refractivity contribution < 1.29 is 0 Å². The molecule has 0 spiro atoms. The fraction of sp³-hybridized carbons (Fsp3) is 0.438. The van der Waals surface area contributed by atoms with E-state index in [9.17, 15) is 0 Å². The fourth-order valence-corrected chi connectivity index (χ4v) is 2.24. The quantitative estimate of drug-likeness (QED) is 0.677. The smallest absolute Gasteiger partial charge is 0.120 e. The van der Waals surface area contributed by atoms with E-state index in [-0.39, 0.29) is 6.17 Å². The van der Waals surface area contributed by atoms with Crippen molar-refractivity contribution in [2.45, 2.75) is 38.8 Å². The van der Waals surface area contributed by atoms with E-state index in [1.807, 2.05) is 32.3 Å². The number of aromatic nitrogens is 1. The normalized spacial score (nSPS) is 17.2. The Morgan fingerprint density at radius 2 is 2.35 bits per heavy atom. The highest BCUT2D eigenvalue weighted by Gasteiger charge is 2.18. The van der Waals surface area contributed by atoms with Gasteiger partial charge in [0.1, 0.15) is 17.6 Å². The van der Waals surface area contributed by atoms with Crippen molar-refractivity contribution in [2.24, 2.45) is 4.99 Å². The van der Waals surface area contributed by atoms with Gasteiger partial charge < -0.3 is 10.3 Å². The van der Waals surface area contributed by atoms with Gasteiger partial charge in [-0.25, -0.2) is 4.98 Å². The zero-order valence-electron chi connectivity index (χ0n) is 12.1. The van der Waals surface area contributed by atoms with Crippen LogP contribution in [-0.4, -0.2) is 30.6 Å². The highest BCUT2D eigenvalue weighted by molar-refractivity contribution is 5.84. The topological polar surface area (TPSA) is 52.3 Å². The average molecular weight is 268 g/mol. The van der Waals surface area contributed by atoms with Crippen molar-refractivity contribution in [3.8, 4) is 11.8 Å². The van der Waals surface area contributed by atoms with E-state index in [1.165, 1.54) is 6.21 Å². The molecule has 4 heteroatoms. The van der Waals surface area contributed by atoms with Gasteiger partial charge in [-0.1, -0.05) is 12.8 Å². The molecule has 0 saturated carbocycles. The first-order chi connectivity index (χ1) is 9.76. The van der Waals surface area contributed by atoms with Crippen LogP contribution in [0.4, 0.5) is 5.69 Å². The summed E-state index contributed by atoms with van der Waals surface area (Å²) in [5.41, 5.74) is 2.30. The van der Waals surface area contributed by atoms with Crippen LogP contribution in [0.25, 0.3) is 0 Å². The molecule has 1 unspecified atom stereocenters. The molecule has 0 bridgehead atoms. The van der Waals surface area contributed by atoms with Gasteiger partial charge in [-0.15, -0.1) is 0 Å². The molecule has 0 saturated heterocycles. The van der Waals surface area contributed by atoms with Gasteiger partial charge >= 0.3 is 0 Å². The van der Waals surface area contributed by atoms with Crippen LogP contribution >= 0.6 is 0 Å². The van der Waals surface area contributed by atoms with Crippen LogP contribution in [0.3, 0.4) is 0 Å². The summed E-state index contributed by atoms with van der Waals surface area (Å²) in [5.74, 6) is 6.01. The van der Waals surface area contributed by atoms with Gasteiger partial charge in [0.2, 0.25) is 0 Å². The Bertz CT molecular complexity index is 566. The molecular weight excluding hydrogens is 248 g/mol. The lowest BCUT2D eigenvalue weighted by atomic mass is 10.1. The molecule has 1 aromatic heterocycles. The maximum Gasteiger partial charge on any atom is 0.120 e. The first-order valence-electron chi connectivity index (χ1n) is 7.01. The molecule has 0 radical (unpaired) electrons. The third-order valence-corrected chi connectivity index (χ3v) is 3.33. The average Bonchev–Trinajstić information content (AvgIpc) is 2.52. The third kappa shape index (κ3) is 3.24. The molecule has 1 aliphatic rings. The second kappa shape index (κ2) is 6.85. The van der Waals surface area contributed by atoms with Crippen molar-refractivity contribution in [3.63, 3.8) is 0 Å². The zero-order valence-corrected chi connectivity index (χ0v) is 12.1. The first-order valence-corrected chi connectivity index (χ1v) is 7.01. The van der Waals surface area contributed by atoms with Gasteiger partial charge in [0.05, 0.1) is 5.69 Å². The number of rotatable bonds is 3. The van der Waals surface area contributed by atoms with Crippen molar-refractivity contribution in [1.29, 1.82) is 5.41 Å². The van der Waals surface area contributed by atoms with E-state index >= 15 is 0 Å². The Morgan fingerprint density at radius 3 is 3.00 bits per heavy atom. The summed E-state index contributed by atoms with van der Waals surface area (Å²) in [4.78, 5) is 11.1. The molecule has 2 heterocycles. The number of aliphatic imine (C=N–C) groups is 1. The lowest BCUT2D eigenvalue weighted by molar-refractivity contribution is 0.565. The summed E-state index contributed by atoms with van der Waals surface area (Å²) < 4.78 is 0. The Labute approximate surface area is 120 Å². The Balaban J connectivity index is 2.28. The van der Waals surface area contributed by atoms with Crippen LogP contribution in [-0.2, 0) is 0 Å². The van der Waals surface area contributed by atoms with Crippen molar-refractivity contribution in [2.75, 3.05) is 11.9 Å². The summed E-state index contributed by atoms with van der Waals surface area (Å²) in [5, 5.41) is 7.56. The van der Waals surface area contributed by atoms with Crippen LogP contribution < -0.4 is 4.90 Å². The standard InChI is InChI=1S/C16H20N4/c1-3-4-7-13-9-10-15(14(12-17)19-13)20(2)16-8-5-6-11-18-16/h9-12,16-17H,3,5-6,8H2,1-2H3. The highest BCUT2D eigenvalue weighted by Crippen LogP contribution is 2.23. The van der Waals surface area contributed by atoms with Crippen molar-refractivity contribution in [1.82, 2.24) is 4.98 Å². The predicted molar refractivity (Wildman–Crippen MR) is 83.8 cm³/mol.